The number of hydrogen-bond acceptors (Lipinski definition) is 3. The van der Waals surface area contributed by atoms with Crippen LogP contribution >= 0.6 is 11.8 Å². The van der Waals surface area contributed by atoms with Crippen LogP contribution in [-0.2, 0) is 0 Å². The standard InChI is InChI=1S/C13H11FN2OS/c14-8-1-4-10(5-2-8)18-12-7-9(15)3-6-11(12)13(16)17/h1-7H,15H2,(H2,16,17). The van der Waals surface area contributed by atoms with Crippen LogP contribution in [0.3, 0.4) is 0 Å². The Morgan fingerprint density at radius 1 is 1.11 bits per heavy atom. The average Bonchev–Trinajstić information content (AvgIpc) is 2.32. The SMILES string of the molecule is NC(=O)c1ccc(N)cc1Sc1ccc(F)cc1. The van der Waals surface area contributed by atoms with Crippen LogP contribution in [-0.4, -0.2) is 5.91 Å². The molecule has 4 N–H and O–H groups in total. The third-order valence-electron chi connectivity index (χ3n) is 2.31. The van der Waals surface area contributed by atoms with Crippen molar-refractivity contribution in [3.63, 3.8) is 0 Å². The van der Waals surface area contributed by atoms with Crippen molar-refractivity contribution >= 4 is 23.4 Å². The maximum atomic E-state index is 12.8. The van der Waals surface area contributed by atoms with Crippen LogP contribution < -0.4 is 11.5 Å². The molecule has 0 fully saturated rings. The predicted molar refractivity (Wildman–Crippen MR) is 69.9 cm³/mol. The van der Waals surface area contributed by atoms with Crippen LogP contribution in [0.25, 0.3) is 0 Å². The fourth-order valence-corrected chi connectivity index (χ4v) is 2.46. The van der Waals surface area contributed by atoms with Crippen molar-refractivity contribution in [1.82, 2.24) is 0 Å². The van der Waals surface area contributed by atoms with Crippen molar-refractivity contribution in [3.8, 4) is 0 Å². The molecule has 2 rings (SSSR count). The van der Waals surface area contributed by atoms with Crippen molar-refractivity contribution in [3.05, 3.63) is 53.8 Å². The minimum atomic E-state index is -0.514. The molecule has 0 heterocycles. The van der Waals surface area contributed by atoms with E-state index in [0.717, 1.165) is 4.90 Å². The second-order valence-corrected chi connectivity index (χ2v) is 4.79. The first-order valence-corrected chi connectivity index (χ1v) is 6.00. The van der Waals surface area contributed by atoms with Gasteiger partial charge in [0.05, 0.1) is 5.56 Å². The Morgan fingerprint density at radius 2 is 1.78 bits per heavy atom. The van der Waals surface area contributed by atoms with Gasteiger partial charge in [-0.05, 0) is 42.5 Å². The average molecular weight is 262 g/mol. The van der Waals surface area contributed by atoms with Crippen molar-refractivity contribution in [2.24, 2.45) is 5.73 Å². The van der Waals surface area contributed by atoms with Gasteiger partial charge in [-0.1, -0.05) is 11.8 Å². The highest BCUT2D eigenvalue weighted by molar-refractivity contribution is 7.99. The molecule has 5 heteroatoms. The molecule has 0 aliphatic heterocycles. The molecule has 0 aliphatic carbocycles. The summed E-state index contributed by atoms with van der Waals surface area (Å²) in [4.78, 5) is 12.8. The third-order valence-corrected chi connectivity index (χ3v) is 3.38. The quantitative estimate of drug-likeness (QED) is 0.835. The van der Waals surface area contributed by atoms with E-state index < -0.39 is 5.91 Å². The fraction of sp³-hybridized carbons (Fsp3) is 0. The normalized spacial score (nSPS) is 10.3. The van der Waals surface area contributed by atoms with Gasteiger partial charge in [-0.3, -0.25) is 4.79 Å². The number of hydrogen-bond donors (Lipinski definition) is 2. The van der Waals surface area contributed by atoms with Gasteiger partial charge in [-0.2, -0.15) is 0 Å². The number of nitrogens with two attached hydrogens (primary N) is 2. The molecule has 0 saturated carbocycles. The first kappa shape index (κ1) is 12.4. The number of amides is 1. The molecule has 0 bridgehead atoms. The van der Waals surface area contributed by atoms with Crippen molar-refractivity contribution < 1.29 is 9.18 Å². The number of benzene rings is 2. The second kappa shape index (κ2) is 5.10. The molecule has 92 valence electrons. The molecule has 0 aromatic heterocycles. The van der Waals surface area contributed by atoms with E-state index in [1.807, 2.05) is 0 Å². The first-order valence-electron chi connectivity index (χ1n) is 5.19. The molecule has 0 aliphatic rings. The van der Waals surface area contributed by atoms with Crippen molar-refractivity contribution in [2.45, 2.75) is 9.79 Å². The van der Waals surface area contributed by atoms with Crippen molar-refractivity contribution in [2.75, 3.05) is 5.73 Å². The van der Waals surface area contributed by atoms with Crippen LogP contribution in [0, 0.1) is 5.82 Å². The molecule has 2 aromatic carbocycles. The number of halogens is 1. The van der Waals surface area contributed by atoms with Crippen LogP contribution in [0.1, 0.15) is 10.4 Å². The number of nitrogen functional groups attached to an aromatic ring is 1. The van der Waals surface area contributed by atoms with Crippen LogP contribution in [0.15, 0.2) is 52.3 Å². The highest BCUT2D eigenvalue weighted by atomic mass is 32.2. The summed E-state index contributed by atoms with van der Waals surface area (Å²) >= 11 is 1.32. The van der Waals surface area contributed by atoms with E-state index >= 15 is 0 Å². The molecule has 0 spiro atoms. The van der Waals surface area contributed by atoms with E-state index in [4.69, 9.17) is 11.5 Å². The summed E-state index contributed by atoms with van der Waals surface area (Å²) < 4.78 is 12.8. The lowest BCUT2D eigenvalue weighted by atomic mass is 10.2. The summed E-state index contributed by atoms with van der Waals surface area (Å²) in [5, 5.41) is 0. The Labute approximate surface area is 108 Å². The topological polar surface area (TPSA) is 69.1 Å². The fourth-order valence-electron chi connectivity index (χ4n) is 1.46. The van der Waals surface area contributed by atoms with Crippen LogP contribution in [0.2, 0.25) is 0 Å². The lowest BCUT2D eigenvalue weighted by Crippen LogP contribution is -2.12. The van der Waals surface area contributed by atoms with Gasteiger partial charge in [0.15, 0.2) is 0 Å². The molecule has 2 aromatic rings. The minimum absolute atomic E-state index is 0.304. The van der Waals surface area contributed by atoms with E-state index in [2.05, 4.69) is 0 Å². The largest absolute Gasteiger partial charge is 0.399 e. The zero-order valence-electron chi connectivity index (χ0n) is 9.39. The molecular formula is C13H11FN2OS. The number of carbonyl (C=O) groups excluding carboxylic acids is 1. The van der Waals surface area contributed by atoms with E-state index in [9.17, 15) is 9.18 Å². The molecule has 0 saturated heterocycles. The number of anilines is 1. The van der Waals surface area contributed by atoms with Gasteiger partial charge in [0.2, 0.25) is 5.91 Å². The summed E-state index contributed by atoms with van der Waals surface area (Å²) in [5.41, 5.74) is 11.9. The van der Waals surface area contributed by atoms with Crippen molar-refractivity contribution in [1.29, 1.82) is 0 Å². The Morgan fingerprint density at radius 3 is 2.39 bits per heavy atom. The number of primary amides is 1. The lowest BCUT2D eigenvalue weighted by Gasteiger charge is -2.07. The summed E-state index contributed by atoms with van der Waals surface area (Å²) in [5.74, 6) is -0.818. The van der Waals surface area contributed by atoms with Crippen LogP contribution in [0.4, 0.5) is 10.1 Å². The third kappa shape index (κ3) is 2.81. The number of carbonyl (C=O) groups is 1. The van der Waals surface area contributed by atoms with Gasteiger partial charge >= 0.3 is 0 Å². The van der Waals surface area contributed by atoms with E-state index in [1.165, 1.54) is 23.9 Å². The maximum Gasteiger partial charge on any atom is 0.249 e. The second-order valence-electron chi connectivity index (χ2n) is 3.68. The zero-order chi connectivity index (χ0) is 13.1. The monoisotopic (exact) mass is 262 g/mol. The molecule has 0 atom stereocenters. The molecule has 3 nitrogen and oxygen atoms in total. The number of rotatable bonds is 3. The Bertz CT molecular complexity index is 584. The smallest absolute Gasteiger partial charge is 0.249 e. The summed E-state index contributed by atoms with van der Waals surface area (Å²) in [6.45, 7) is 0. The first-order chi connectivity index (χ1) is 8.56. The molecule has 0 unspecified atom stereocenters. The van der Waals surface area contributed by atoms with Gasteiger partial charge in [-0.15, -0.1) is 0 Å². The summed E-state index contributed by atoms with van der Waals surface area (Å²) in [7, 11) is 0. The van der Waals surface area contributed by atoms with Gasteiger partial charge in [0.25, 0.3) is 0 Å². The van der Waals surface area contributed by atoms with Gasteiger partial charge in [-0.25, -0.2) is 4.39 Å². The molecule has 1 amide bonds. The highest BCUT2D eigenvalue weighted by Crippen LogP contribution is 2.31. The summed E-state index contributed by atoms with van der Waals surface area (Å²) in [6.07, 6.45) is 0. The van der Waals surface area contributed by atoms with E-state index in [-0.39, 0.29) is 5.82 Å². The zero-order valence-corrected chi connectivity index (χ0v) is 10.2. The lowest BCUT2D eigenvalue weighted by molar-refractivity contribution is 0.0997. The van der Waals surface area contributed by atoms with E-state index in [1.54, 1.807) is 30.3 Å². The van der Waals surface area contributed by atoms with Crippen LogP contribution in [0.5, 0.6) is 0 Å². The Hall–Kier alpha value is -2.01. The molecule has 0 radical (unpaired) electrons. The highest BCUT2D eigenvalue weighted by Gasteiger charge is 2.10. The Kier molecular flexibility index (Phi) is 3.53. The van der Waals surface area contributed by atoms with E-state index in [0.29, 0.717) is 16.1 Å². The predicted octanol–water partition coefficient (Wildman–Crippen LogP) is 2.66. The van der Waals surface area contributed by atoms with Gasteiger partial charge < -0.3 is 11.5 Å². The summed E-state index contributed by atoms with van der Waals surface area (Å²) in [6, 6.07) is 10.9. The van der Waals surface area contributed by atoms with Gasteiger partial charge in [0.1, 0.15) is 5.82 Å². The van der Waals surface area contributed by atoms with Gasteiger partial charge in [0, 0.05) is 15.5 Å². The Balaban J connectivity index is 2.35. The maximum absolute atomic E-state index is 12.8. The molecule has 18 heavy (non-hydrogen) atoms. The minimum Gasteiger partial charge on any atom is -0.399 e. The molecular weight excluding hydrogens is 251 g/mol.